The zero-order valence-corrected chi connectivity index (χ0v) is 11.9. The number of anilines is 1. The summed E-state index contributed by atoms with van der Waals surface area (Å²) in [6, 6.07) is 3.07. The van der Waals surface area contributed by atoms with Crippen LogP contribution in [0.4, 0.5) is 5.82 Å². The Labute approximate surface area is 113 Å². The number of carboxylic acids is 1. The van der Waals surface area contributed by atoms with Gasteiger partial charge in [0.15, 0.2) is 0 Å². The quantitative estimate of drug-likeness (QED) is 0.761. The van der Waals surface area contributed by atoms with Crippen molar-refractivity contribution in [1.29, 1.82) is 0 Å². The van der Waals surface area contributed by atoms with Crippen LogP contribution in [0.5, 0.6) is 0 Å². The van der Waals surface area contributed by atoms with Gasteiger partial charge in [0, 0.05) is 18.3 Å². The van der Waals surface area contributed by atoms with Gasteiger partial charge < -0.3 is 15.5 Å². The van der Waals surface area contributed by atoms with Crippen molar-refractivity contribution >= 4 is 11.8 Å². The fourth-order valence-electron chi connectivity index (χ4n) is 1.90. The summed E-state index contributed by atoms with van der Waals surface area (Å²) in [6.45, 7) is 8.03. The molecule has 0 aromatic carbocycles. The molecule has 0 aliphatic carbocycles. The molecule has 1 rings (SSSR count). The molecule has 0 spiro atoms. The average molecular weight is 266 g/mol. The standard InChI is InChI=1S/C14H22N2O3/c1-9-7-10(13(18)19)8-12(15-9)16-11(5-6-17)14(2,3)4/h7-8,11,17H,5-6H2,1-4H3,(H,15,16)(H,18,19). The number of aryl methyl sites for hydroxylation is 1. The second kappa shape index (κ2) is 6.02. The average Bonchev–Trinajstić information content (AvgIpc) is 2.26. The highest BCUT2D eigenvalue weighted by atomic mass is 16.4. The summed E-state index contributed by atoms with van der Waals surface area (Å²) in [6.07, 6.45) is 0.585. The highest BCUT2D eigenvalue weighted by molar-refractivity contribution is 5.88. The lowest BCUT2D eigenvalue weighted by Gasteiger charge is -2.31. The van der Waals surface area contributed by atoms with Gasteiger partial charge >= 0.3 is 5.97 Å². The second-order valence-electron chi connectivity index (χ2n) is 5.76. The highest BCUT2D eigenvalue weighted by Crippen LogP contribution is 2.25. The van der Waals surface area contributed by atoms with E-state index in [1.54, 1.807) is 6.92 Å². The molecule has 106 valence electrons. The molecule has 1 unspecified atom stereocenters. The predicted molar refractivity (Wildman–Crippen MR) is 74.5 cm³/mol. The lowest BCUT2D eigenvalue weighted by atomic mass is 9.85. The normalized spacial score (nSPS) is 13.1. The van der Waals surface area contributed by atoms with E-state index in [1.807, 2.05) is 0 Å². The number of nitrogens with zero attached hydrogens (tertiary/aromatic N) is 1. The molecule has 3 N–H and O–H groups in total. The number of aromatic nitrogens is 1. The number of aromatic carboxylic acids is 1. The number of pyridine rings is 1. The van der Waals surface area contributed by atoms with Crippen molar-refractivity contribution in [2.75, 3.05) is 11.9 Å². The predicted octanol–water partition coefficient (Wildman–Crippen LogP) is 2.30. The third kappa shape index (κ3) is 4.52. The molecule has 0 radical (unpaired) electrons. The molecule has 0 fully saturated rings. The van der Waals surface area contributed by atoms with E-state index in [2.05, 4.69) is 31.1 Å². The minimum atomic E-state index is -0.969. The Morgan fingerprint density at radius 3 is 2.53 bits per heavy atom. The first kappa shape index (κ1) is 15.4. The molecule has 1 heterocycles. The van der Waals surface area contributed by atoms with E-state index in [4.69, 9.17) is 10.2 Å². The summed E-state index contributed by atoms with van der Waals surface area (Å²) in [5.74, 6) is -0.436. The Bertz CT molecular complexity index is 452. The summed E-state index contributed by atoms with van der Waals surface area (Å²) in [7, 11) is 0. The van der Waals surface area contributed by atoms with Gasteiger partial charge in [0.05, 0.1) is 5.56 Å². The topological polar surface area (TPSA) is 82.5 Å². The highest BCUT2D eigenvalue weighted by Gasteiger charge is 2.24. The number of aliphatic hydroxyl groups excluding tert-OH is 1. The number of carbonyl (C=O) groups is 1. The Kier molecular flexibility index (Phi) is 4.89. The maximum absolute atomic E-state index is 11.0. The van der Waals surface area contributed by atoms with Crippen LogP contribution in [0.15, 0.2) is 12.1 Å². The van der Waals surface area contributed by atoms with Crippen molar-refractivity contribution < 1.29 is 15.0 Å². The summed E-state index contributed by atoms with van der Waals surface area (Å²) < 4.78 is 0. The number of hydrogen-bond acceptors (Lipinski definition) is 4. The summed E-state index contributed by atoms with van der Waals surface area (Å²) in [4.78, 5) is 15.3. The maximum atomic E-state index is 11.0. The van der Waals surface area contributed by atoms with E-state index in [0.29, 0.717) is 17.9 Å². The van der Waals surface area contributed by atoms with Crippen molar-refractivity contribution in [3.63, 3.8) is 0 Å². The van der Waals surface area contributed by atoms with E-state index in [9.17, 15) is 4.79 Å². The molecule has 0 saturated carbocycles. The Morgan fingerprint density at radius 2 is 2.05 bits per heavy atom. The van der Waals surface area contributed by atoms with Gasteiger partial charge in [0.25, 0.3) is 0 Å². The zero-order chi connectivity index (χ0) is 14.6. The fourth-order valence-corrected chi connectivity index (χ4v) is 1.90. The molecule has 0 amide bonds. The summed E-state index contributed by atoms with van der Waals surface area (Å²) in [5.41, 5.74) is 0.808. The van der Waals surface area contributed by atoms with Gasteiger partial charge in [-0.15, -0.1) is 0 Å². The van der Waals surface area contributed by atoms with E-state index in [1.165, 1.54) is 12.1 Å². The Morgan fingerprint density at radius 1 is 1.42 bits per heavy atom. The number of aliphatic hydroxyl groups is 1. The molecular weight excluding hydrogens is 244 g/mol. The molecule has 1 aromatic rings. The molecular formula is C14H22N2O3. The largest absolute Gasteiger partial charge is 0.478 e. The number of nitrogens with one attached hydrogen (secondary N) is 1. The van der Waals surface area contributed by atoms with Crippen LogP contribution in [0.2, 0.25) is 0 Å². The molecule has 0 aliphatic heterocycles. The monoisotopic (exact) mass is 266 g/mol. The number of rotatable bonds is 5. The SMILES string of the molecule is Cc1cc(C(=O)O)cc(NC(CCO)C(C)(C)C)n1. The van der Waals surface area contributed by atoms with Crippen LogP contribution in [0, 0.1) is 12.3 Å². The van der Waals surface area contributed by atoms with E-state index in [-0.39, 0.29) is 23.6 Å². The molecule has 1 aromatic heterocycles. The van der Waals surface area contributed by atoms with Crippen molar-refractivity contribution in [3.8, 4) is 0 Å². The van der Waals surface area contributed by atoms with Crippen LogP contribution in [0.25, 0.3) is 0 Å². The lowest BCUT2D eigenvalue weighted by molar-refractivity contribution is 0.0696. The molecule has 1 atom stereocenters. The smallest absolute Gasteiger partial charge is 0.335 e. The maximum Gasteiger partial charge on any atom is 0.335 e. The first-order chi connectivity index (χ1) is 8.74. The number of carboxylic acid groups (broad SMARTS) is 1. The Balaban J connectivity index is 2.99. The van der Waals surface area contributed by atoms with Crippen molar-refractivity contribution in [3.05, 3.63) is 23.4 Å². The van der Waals surface area contributed by atoms with Crippen LogP contribution < -0.4 is 5.32 Å². The third-order valence-corrected chi connectivity index (χ3v) is 2.99. The van der Waals surface area contributed by atoms with Crippen LogP contribution in [-0.2, 0) is 0 Å². The van der Waals surface area contributed by atoms with Crippen LogP contribution in [-0.4, -0.2) is 33.8 Å². The van der Waals surface area contributed by atoms with Crippen molar-refractivity contribution in [2.24, 2.45) is 5.41 Å². The van der Waals surface area contributed by atoms with E-state index in [0.717, 1.165) is 0 Å². The first-order valence-electron chi connectivity index (χ1n) is 6.33. The minimum Gasteiger partial charge on any atom is -0.478 e. The third-order valence-electron chi connectivity index (χ3n) is 2.99. The van der Waals surface area contributed by atoms with E-state index < -0.39 is 5.97 Å². The van der Waals surface area contributed by atoms with Crippen molar-refractivity contribution in [2.45, 2.75) is 40.2 Å². The molecule has 5 nitrogen and oxygen atoms in total. The minimum absolute atomic E-state index is 0.0217. The van der Waals surface area contributed by atoms with Crippen LogP contribution in [0.3, 0.4) is 0 Å². The van der Waals surface area contributed by atoms with Crippen molar-refractivity contribution in [1.82, 2.24) is 4.98 Å². The van der Waals surface area contributed by atoms with Gasteiger partial charge in [0.2, 0.25) is 0 Å². The number of hydrogen-bond donors (Lipinski definition) is 3. The van der Waals surface area contributed by atoms with Gasteiger partial charge in [-0.25, -0.2) is 9.78 Å². The van der Waals surface area contributed by atoms with Gasteiger partial charge in [-0.05, 0) is 30.9 Å². The van der Waals surface area contributed by atoms with E-state index >= 15 is 0 Å². The Hall–Kier alpha value is -1.62. The first-order valence-corrected chi connectivity index (χ1v) is 6.33. The lowest BCUT2D eigenvalue weighted by Crippen LogP contribution is -2.35. The molecule has 19 heavy (non-hydrogen) atoms. The second-order valence-corrected chi connectivity index (χ2v) is 5.76. The van der Waals surface area contributed by atoms with Gasteiger partial charge in [0.1, 0.15) is 5.82 Å². The summed E-state index contributed by atoms with van der Waals surface area (Å²) in [5, 5.41) is 21.4. The van der Waals surface area contributed by atoms with Gasteiger partial charge in [-0.1, -0.05) is 20.8 Å². The zero-order valence-electron chi connectivity index (χ0n) is 11.9. The summed E-state index contributed by atoms with van der Waals surface area (Å²) >= 11 is 0. The van der Waals surface area contributed by atoms with Gasteiger partial charge in [-0.3, -0.25) is 0 Å². The van der Waals surface area contributed by atoms with Crippen LogP contribution in [0.1, 0.15) is 43.2 Å². The molecule has 0 saturated heterocycles. The molecule has 0 aliphatic rings. The van der Waals surface area contributed by atoms with Gasteiger partial charge in [-0.2, -0.15) is 0 Å². The molecule has 0 bridgehead atoms. The fraction of sp³-hybridized carbons (Fsp3) is 0.571. The van der Waals surface area contributed by atoms with Crippen LogP contribution >= 0.6 is 0 Å². The molecule has 5 heteroatoms.